The van der Waals surface area contributed by atoms with E-state index in [0.29, 0.717) is 6.42 Å². The second-order valence-corrected chi connectivity index (χ2v) is 3.51. The van der Waals surface area contributed by atoms with Crippen LogP contribution in [0.3, 0.4) is 0 Å². The van der Waals surface area contributed by atoms with Gasteiger partial charge in [0.25, 0.3) is 0 Å². The van der Waals surface area contributed by atoms with E-state index in [1.165, 1.54) is 0 Å². The molecule has 13 heavy (non-hydrogen) atoms. The Morgan fingerprint density at radius 3 is 2.92 bits per heavy atom. The normalized spacial score (nSPS) is 37.2. The summed E-state index contributed by atoms with van der Waals surface area (Å²) in [7, 11) is 0. The lowest BCUT2D eigenvalue weighted by Gasteiger charge is -2.15. The van der Waals surface area contributed by atoms with Crippen molar-refractivity contribution in [3.8, 4) is 0 Å². The Kier molecular flexibility index (Phi) is 2.09. The van der Waals surface area contributed by atoms with E-state index >= 15 is 0 Å². The van der Waals surface area contributed by atoms with Gasteiger partial charge in [-0.2, -0.15) is 0 Å². The number of rotatable bonds is 2. The molecule has 4 heteroatoms. The maximum atomic E-state index is 10.9. The molecule has 72 valence electrons. The van der Waals surface area contributed by atoms with E-state index in [0.717, 1.165) is 5.57 Å². The molecule has 0 saturated carbocycles. The molecule has 2 N–H and O–H groups in total. The van der Waals surface area contributed by atoms with Crippen molar-refractivity contribution in [1.82, 2.24) is 0 Å². The molecule has 0 bridgehead atoms. The predicted molar refractivity (Wildman–Crippen MR) is 43.7 cm³/mol. The van der Waals surface area contributed by atoms with Crippen molar-refractivity contribution < 1.29 is 19.7 Å². The van der Waals surface area contributed by atoms with E-state index in [4.69, 9.17) is 14.9 Å². The summed E-state index contributed by atoms with van der Waals surface area (Å²) in [6, 6.07) is 0. The number of aliphatic hydroxyl groups excluding tert-OH is 2. The van der Waals surface area contributed by atoms with Crippen molar-refractivity contribution in [3.63, 3.8) is 0 Å². The van der Waals surface area contributed by atoms with Gasteiger partial charge in [-0.05, 0) is 11.6 Å². The van der Waals surface area contributed by atoms with Gasteiger partial charge in [0, 0.05) is 11.8 Å². The average molecular weight is 184 g/mol. The first kappa shape index (κ1) is 8.72. The molecular weight excluding hydrogens is 172 g/mol. The second-order valence-electron chi connectivity index (χ2n) is 3.51. The van der Waals surface area contributed by atoms with Gasteiger partial charge in [-0.3, -0.25) is 4.79 Å². The van der Waals surface area contributed by atoms with Crippen molar-refractivity contribution >= 4 is 5.97 Å². The smallest absolute Gasteiger partial charge is 0.306 e. The maximum Gasteiger partial charge on any atom is 0.306 e. The Hall–Kier alpha value is -0.870. The SMILES string of the molecule is O=C1C[C@H]2[C@H](C=C(CO)[C@H]2CO)O1. The van der Waals surface area contributed by atoms with Crippen molar-refractivity contribution in [2.24, 2.45) is 11.8 Å². The van der Waals surface area contributed by atoms with Crippen molar-refractivity contribution in [2.45, 2.75) is 12.5 Å². The fourth-order valence-corrected chi connectivity index (χ4v) is 2.16. The van der Waals surface area contributed by atoms with Gasteiger partial charge in [-0.25, -0.2) is 0 Å². The lowest BCUT2D eigenvalue weighted by molar-refractivity contribution is -0.140. The van der Waals surface area contributed by atoms with E-state index in [2.05, 4.69) is 0 Å². The van der Waals surface area contributed by atoms with Crippen LogP contribution in [0.1, 0.15) is 6.42 Å². The van der Waals surface area contributed by atoms with Crippen LogP contribution in [0.5, 0.6) is 0 Å². The number of carbonyl (C=O) groups excluding carboxylic acids is 1. The molecule has 4 nitrogen and oxygen atoms in total. The summed E-state index contributed by atoms with van der Waals surface area (Å²) >= 11 is 0. The van der Waals surface area contributed by atoms with Gasteiger partial charge in [-0.1, -0.05) is 0 Å². The topological polar surface area (TPSA) is 66.8 Å². The third-order valence-electron chi connectivity index (χ3n) is 2.84. The van der Waals surface area contributed by atoms with Gasteiger partial charge in [0.15, 0.2) is 0 Å². The first-order valence-electron chi connectivity index (χ1n) is 4.38. The number of ether oxygens (including phenoxy) is 1. The van der Waals surface area contributed by atoms with Crippen LogP contribution >= 0.6 is 0 Å². The quantitative estimate of drug-likeness (QED) is 0.447. The highest BCUT2D eigenvalue weighted by molar-refractivity contribution is 5.73. The Labute approximate surface area is 75.8 Å². The summed E-state index contributed by atoms with van der Waals surface area (Å²) in [5, 5.41) is 18.1. The molecule has 2 rings (SSSR count). The number of aliphatic hydroxyl groups is 2. The zero-order chi connectivity index (χ0) is 9.42. The standard InChI is InChI=1S/C9H12O4/c10-3-5-1-8-6(7(5)4-11)2-9(12)13-8/h1,6-8,10-11H,2-4H2/t6-,7-,8+/m1/s1. The van der Waals surface area contributed by atoms with E-state index < -0.39 is 0 Å². The molecule has 1 saturated heterocycles. The third-order valence-corrected chi connectivity index (χ3v) is 2.84. The van der Waals surface area contributed by atoms with Crippen LogP contribution in [0.25, 0.3) is 0 Å². The van der Waals surface area contributed by atoms with Crippen LogP contribution in [-0.4, -0.2) is 35.5 Å². The lowest BCUT2D eigenvalue weighted by Crippen LogP contribution is -2.20. The minimum Gasteiger partial charge on any atom is -0.458 e. The molecule has 0 unspecified atom stereocenters. The monoisotopic (exact) mass is 184 g/mol. The summed E-state index contributed by atoms with van der Waals surface area (Å²) in [6.07, 6.45) is 1.90. The Bertz CT molecular complexity index is 258. The van der Waals surface area contributed by atoms with Crippen molar-refractivity contribution in [1.29, 1.82) is 0 Å². The molecule has 1 aliphatic heterocycles. The number of hydrogen-bond donors (Lipinski definition) is 2. The number of hydrogen-bond acceptors (Lipinski definition) is 4. The molecule has 0 aromatic rings. The van der Waals surface area contributed by atoms with Gasteiger partial charge < -0.3 is 14.9 Å². The van der Waals surface area contributed by atoms with E-state index in [1.54, 1.807) is 6.08 Å². The van der Waals surface area contributed by atoms with E-state index in [-0.39, 0.29) is 37.1 Å². The van der Waals surface area contributed by atoms with Gasteiger partial charge in [0.05, 0.1) is 19.6 Å². The van der Waals surface area contributed by atoms with Gasteiger partial charge in [0.1, 0.15) is 6.10 Å². The summed E-state index contributed by atoms with van der Waals surface area (Å²) in [5.41, 5.74) is 0.796. The van der Waals surface area contributed by atoms with Crippen LogP contribution in [-0.2, 0) is 9.53 Å². The highest BCUT2D eigenvalue weighted by Gasteiger charge is 2.44. The predicted octanol–water partition coefficient (Wildman–Crippen LogP) is -0.541. The van der Waals surface area contributed by atoms with E-state index in [9.17, 15) is 4.79 Å². The first-order chi connectivity index (χ1) is 6.26. The molecule has 1 aliphatic carbocycles. The minimum absolute atomic E-state index is 0.0236. The molecular formula is C9H12O4. The summed E-state index contributed by atoms with van der Waals surface area (Å²) < 4.78 is 5.01. The number of esters is 1. The molecule has 1 heterocycles. The Balaban J connectivity index is 2.19. The first-order valence-corrected chi connectivity index (χ1v) is 4.38. The molecule has 2 aliphatic rings. The lowest BCUT2D eigenvalue weighted by atomic mass is 9.90. The molecule has 0 spiro atoms. The molecule has 3 atom stereocenters. The largest absolute Gasteiger partial charge is 0.458 e. The molecule has 0 aromatic heterocycles. The Morgan fingerprint density at radius 1 is 1.54 bits per heavy atom. The van der Waals surface area contributed by atoms with Gasteiger partial charge in [-0.15, -0.1) is 0 Å². The van der Waals surface area contributed by atoms with Crippen LogP contribution in [0.15, 0.2) is 11.6 Å². The summed E-state index contributed by atoms with van der Waals surface area (Å²) in [5.74, 6) is -0.261. The third kappa shape index (κ3) is 1.26. The van der Waals surface area contributed by atoms with Crippen molar-refractivity contribution in [3.05, 3.63) is 11.6 Å². The fourth-order valence-electron chi connectivity index (χ4n) is 2.16. The summed E-state index contributed by atoms with van der Waals surface area (Å²) in [4.78, 5) is 10.9. The highest BCUT2D eigenvalue weighted by atomic mass is 16.5. The zero-order valence-electron chi connectivity index (χ0n) is 7.14. The molecule has 0 radical (unpaired) electrons. The van der Waals surface area contributed by atoms with Gasteiger partial charge >= 0.3 is 5.97 Å². The zero-order valence-corrected chi connectivity index (χ0v) is 7.14. The second kappa shape index (κ2) is 3.12. The maximum absolute atomic E-state index is 10.9. The van der Waals surface area contributed by atoms with Crippen LogP contribution < -0.4 is 0 Å². The Morgan fingerprint density at radius 2 is 2.31 bits per heavy atom. The van der Waals surface area contributed by atoms with E-state index in [1.807, 2.05) is 0 Å². The van der Waals surface area contributed by atoms with Crippen LogP contribution in [0, 0.1) is 11.8 Å². The van der Waals surface area contributed by atoms with Crippen molar-refractivity contribution in [2.75, 3.05) is 13.2 Å². The fraction of sp³-hybridized carbons (Fsp3) is 0.667. The van der Waals surface area contributed by atoms with Crippen LogP contribution in [0.4, 0.5) is 0 Å². The highest BCUT2D eigenvalue weighted by Crippen LogP contribution is 2.39. The number of carbonyl (C=O) groups is 1. The van der Waals surface area contributed by atoms with Gasteiger partial charge in [0.2, 0.25) is 0 Å². The molecule has 0 amide bonds. The minimum atomic E-state index is -0.216. The summed E-state index contributed by atoms with van der Waals surface area (Å²) in [6.45, 7) is -0.0834. The number of fused-ring (bicyclic) bond motifs is 1. The molecule has 1 fully saturated rings. The average Bonchev–Trinajstić information content (AvgIpc) is 2.59. The van der Waals surface area contributed by atoms with Crippen LogP contribution in [0.2, 0.25) is 0 Å². The molecule has 0 aromatic carbocycles.